The van der Waals surface area contributed by atoms with Crippen LogP contribution in [-0.2, 0) is 14.8 Å². The third-order valence-electron chi connectivity index (χ3n) is 4.79. The molecule has 1 saturated heterocycles. The molecule has 2 aliphatic rings. The number of carbonyl (C=O) groups is 2. The van der Waals surface area contributed by atoms with Gasteiger partial charge >= 0.3 is 0 Å². The minimum absolute atomic E-state index is 0.0787. The van der Waals surface area contributed by atoms with E-state index in [1.165, 1.54) is 16.4 Å². The van der Waals surface area contributed by atoms with Gasteiger partial charge in [-0.25, -0.2) is 8.42 Å². The Balaban J connectivity index is 1.82. The van der Waals surface area contributed by atoms with Gasteiger partial charge in [-0.3, -0.25) is 9.59 Å². The second kappa shape index (κ2) is 7.13. The molecule has 0 unspecified atom stereocenters. The maximum Gasteiger partial charge on any atom is 0.251 e. The van der Waals surface area contributed by atoms with Crippen molar-refractivity contribution in [2.24, 2.45) is 0 Å². The second-order valence-corrected chi connectivity index (χ2v) is 8.54. The largest absolute Gasteiger partial charge is 0.354 e. The molecule has 1 atom stereocenters. The number of rotatable bonds is 4. The quantitative estimate of drug-likeness (QED) is 0.827. The summed E-state index contributed by atoms with van der Waals surface area (Å²) >= 11 is 0. The van der Waals surface area contributed by atoms with Gasteiger partial charge in [0.25, 0.3) is 5.91 Å². The number of hydrogen-bond acceptors (Lipinski definition) is 4. The lowest BCUT2D eigenvalue weighted by atomic mass is 9.93. The molecule has 0 bridgehead atoms. The lowest BCUT2D eigenvalue weighted by Gasteiger charge is -2.27. The first kappa shape index (κ1) is 17.9. The summed E-state index contributed by atoms with van der Waals surface area (Å²) in [5, 5.41) is 5.62. The zero-order chi connectivity index (χ0) is 18.0. The molecule has 2 N–H and O–H groups in total. The molecule has 1 aliphatic carbocycles. The predicted octanol–water partition coefficient (Wildman–Crippen LogP) is 0.868. The molecule has 1 saturated carbocycles. The van der Waals surface area contributed by atoms with E-state index >= 15 is 0 Å². The molecule has 25 heavy (non-hydrogen) atoms. The molecule has 2 fully saturated rings. The van der Waals surface area contributed by atoms with Crippen molar-refractivity contribution in [2.45, 2.75) is 49.6 Å². The van der Waals surface area contributed by atoms with Gasteiger partial charge in [-0.15, -0.1) is 0 Å². The Morgan fingerprint density at radius 1 is 1.32 bits per heavy atom. The monoisotopic (exact) mass is 365 g/mol. The average molecular weight is 365 g/mol. The van der Waals surface area contributed by atoms with Gasteiger partial charge in [-0.05, 0) is 44.4 Å². The predicted molar refractivity (Wildman–Crippen MR) is 92.5 cm³/mol. The summed E-state index contributed by atoms with van der Waals surface area (Å²) in [5.41, 5.74) is 0.338. The Morgan fingerprint density at radius 2 is 2.08 bits per heavy atom. The van der Waals surface area contributed by atoms with Crippen molar-refractivity contribution >= 4 is 21.8 Å². The molecule has 3 rings (SSSR count). The van der Waals surface area contributed by atoms with E-state index in [-0.39, 0.29) is 48.3 Å². The zero-order valence-electron chi connectivity index (χ0n) is 14.2. The van der Waals surface area contributed by atoms with Crippen molar-refractivity contribution in [3.8, 4) is 0 Å². The number of amides is 2. The van der Waals surface area contributed by atoms with E-state index < -0.39 is 10.0 Å². The van der Waals surface area contributed by atoms with Crippen LogP contribution in [0.5, 0.6) is 0 Å². The first-order chi connectivity index (χ1) is 11.9. The number of benzene rings is 1. The third-order valence-corrected chi connectivity index (χ3v) is 6.80. The van der Waals surface area contributed by atoms with E-state index in [2.05, 4.69) is 10.6 Å². The van der Waals surface area contributed by atoms with Crippen molar-refractivity contribution in [1.82, 2.24) is 14.9 Å². The van der Waals surface area contributed by atoms with Gasteiger partial charge in [0, 0.05) is 37.2 Å². The Hall–Kier alpha value is -1.93. The number of nitrogens with zero attached hydrogens (tertiary/aromatic N) is 1. The smallest absolute Gasteiger partial charge is 0.251 e. The molecule has 0 aromatic heterocycles. The molecule has 1 heterocycles. The molecule has 1 aliphatic heterocycles. The Bertz CT molecular complexity index is 774. The standard InChI is InChI=1S/C17H23N3O4S/c1-12-11-18-16(21)8-9-20(12)25(23,24)15-7-2-4-13(10-15)17(22)19-14-5-3-6-14/h2,4,7,10,12,14H,3,5-6,8-9,11H2,1H3,(H,18,21)(H,19,22)/t12-/m1/s1. The summed E-state index contributed by atoms with van der Waals surface area (Å²) in [7, 11) is -3.77. The topological polar surface area (TPSA) is 95.6 Å². The van der Waals surface area contributed by atoms with Crippen LogP contribution in [-0.4, -0.2) is 49.7 Å². The second-order valence-electron chi connectivity index (χ2n) is 6.65. The molecule has 1 aromatic carbocycles. The molecule has 1 aromatic rings. The van der Waals surface area contributed by atoms with Gasteiger partial charge in [0.05, 0.1) is 4.90 Å². The molecule has 136 valence electrons. The highest BCUT2D eigenvalue weighted by atomic mass is 32.2. The maximum atomic E-state index is 13.0. The van der Waals surface area contributed by atoms with E-state index in [4.69, 9.17) is 0 Å². The first-order valence-electron chi connectivity index (χ1n) is 8.57. The van der Waals surface area contributed by atoms with Crippen molar-refractivity contribution in [3.63, 3.8) is 0 Å². The highest BCUT2D eigenvalue weighted by Crippen LogP contribution is 2.22. The molecule has 7 nitrogen and oxygen atoms in total. The Morgan fingerprint density at radius 3 is 2.76 bits per heavy atom. The van der Waals surface area contributed by atoms with Gasteiger partial charge < -0.3 is 10.6 Å². The highest BCUT2D eigenvalue weighted by molar-refractivity contribution is 7.89. The van der Waals surface area contributed by atoms with Crippen LogP contribution in [0.15, 0.2) is 29.2 Å². The first-order valence-corrected chi connectivity index (χ1v) is 10.0. The third kappa shape index (κ3) is 3.85. The van der Waals surface area contributed by atoms with Crippen LogP contribution in [0.1, 0.15) is 43.0 Å². The summed E-state index contributed by atoms with van der Waals surface area (Å²) in [5.74, 6) is -0.402. The zero-order valence-corrected chi connectivity index (χ0v) is 15.0. The number of hydrogen-bond donors (Lipinski definition) is 2. The minimum Gasteiger partial charge on any atom is -0.354 e. The Kier molecular flexibility index (Phi) is 5.10. The molecule has 8 heteroatoms. The molecule has 0 radical (unpaired) electrons. The van der Waals surface area contributed by atoms with Crippen LogP contribution < -0.4 is 10.6 Å². The van der Waals surface area contributed by atoms with Gasteiger partial charge in [0.1, 0.15) is 0 Å². The summed E-state index contributed by atoms with van der Waals surface area (Å²) in [6.45, 7) is 2.17. The van der Waals surface area contributed by atoms with Crippen molar-refractivity contribution in [2.75, 3.05) is 13.1 Å². The van der Waals surface area contributed by atoms with Crippen LogP contribution >= 0.6 is 0 Å². The van der Waals surface area contributed by atoms with E-state index in [1.807, 2.05) is 0 Å². The average Bonchev–Trinajstić information content (AvgIpc) is 2.72. The van der Waals surface area contributed by atoms with Gasteiger partial charge in [-0.1, -0.05) is 6.07 Å². The number of nitrogens with one attached hydrogen (secondary N) is 2. The lowest BCUT2D eigenvalue weighted by Crippen LogP contribution is -2.42. The lowest BCUT2D eigenvalue weighted by molar-refractivity contribution is -0.120. The van der Waals surface area contributed by atoms with Crippen molar-refractivity contribution < 1.29 is 18.0 Å². The van der Waals surface area contributed by atoms with E-state index in [1.54, 1.807) is 19.1 Å². The summed E-state index contributed by atoms with van der Waals surface area (Å²) in [6.07, 6.45) is 3.18. The van der Waals surface area contributed by atoms with Crippen molar-refractivity contribution in [3.05, 3.63) is 29.8 Å². The van der Waals surface area contributed by atoms with Crippen LogP contribution in [0.4, 0.5) is 0 Å². The van der Waals surface area contributed by atoms with Crippen LogP contribution in [0.2, 0.25) is 0 Å². The number of sulfonamides is 1. The maximum absolute atomic E-state index is 13.0. The van der Waals surface area contributed by atoms with Crippen LogP contribution in [0.25, 0.3) is 0 Å². The minimum atomic E-state index is -3.77. The van der Waals surface area contributed by atoms with Gasteiger partial charge in [-0.2, -0.15) is 4.31 Å². The highest BCUT2D eigenvalue weighted by Gasteiger charge is 2.32. The summed E-state index contributed by atoms with van der Waals surface area (Å²) in [6, 6.07) is 5.94. The summed E-state index contributed by atoms with van der Waals surface area (Å²) < 4.78 is 27.3. The number of carbonyl (C=O) groups excluding carboxylic acids is 2. The fourth-order valence-corrected chi connectivity index (χ4v) is 4.67. The Labute approximate surface area is 147 Å². The van der Waals surface area contributed by atoms with E-state index in [0.29, 0.717) is 5.56 Å². The van der Waals surface area contributed by atoms with Gasteiger partial charge in [0.2, 0.25) is 15.9 Å². The fourth-order valence-electron chi connectivity index (χ4n) is 3.00. The fraction of sp³-hybridized carbons (Fsp3) is 0.529. The molecule has 2 amide bonds. The van der Waals surface area contributed by atoms with E-state index in [0.717, 1.165) is 19.3 Å². The van der Waals surface area contributed by atoms with Crippen LogP contribution in [0, 0.1) is 0 Å². The van der Waals surface area contributed by atoms with Gasteiger partial charge in [0.15, 0.2) is 0 Å². The SMILES string of the molecule is C[C@@H]1CNC(=O)CCN1S(=O)(=O)c1cccc(C(=O)NC2CCC2)c1. The van der Waals surface area contributed by atoms with E-state index in [9.17, 15) is 18.0 Å². The molecule has 0 spiro atoms. The molecular weight excluding hydrogens is 342 g/mol. The molecular formula is C17H23N3O4S. The normalized spacial score (nSPS) is 22.6. The van der Waals surface area contributed by atoms with Crippen LogP contribution in [0.3, 0.4) is 0 Å². The summed E-state index contributed by atoms with van der Waals surface area (Å²) in [4.78, 5) is 23.9. The van der Waals surface area contributed by atoms with Crippen molar-refractivity contribution in [1.29, 1.82) is 0 Å².